The third-order valence-electron chi connectivity index (χ3n) is 5.06. The molecule has 3 rings (SSSR count). The highest BCUT2D eigenvalue weighted by atomic mass is 16.3. The summed E-state index contributed by atoms with van der Waals surface area (Å²) in [6.07, 6.45) is 5.49. The summed E-state index contributed by atoms with van der Waals surface area (Å²) < 4.78 is 0. The van der Waals surface area contributed by atoms with Crippen molar-refractivity contribution in [1.29, 1.82) is 0 Å². The largest absolute Gasteiger partial charge is 0.507 e. The van der Waals surface area contributed by atoms with Crippen LogP contribution < -0.4 is 0 Å². The highest BCUT2D eigenvalue weighted by molar-refractivity contribution is 5.89. The monoisotopic (exact) mass is 283 g/mol. The molecule has 1 aliphatic rings. The molecule has 0 amide bonds. The van der Waals surface area contributed by atoms with E-state index in [9.17, 15) is 5.11 Å². The number of phenolic OH excluding ortho intramolecular Hbond substituents is 1. The van der Waals surface area contributed by atoms with Crippen molar-refractivity contribution in [1.82, 2.24) is 4.90 Å². The van der Waals surface area contributed by atoms with Gasteiger partial charge in [-0.1, -0.05) is 49.2 Å². The van der Waals surface area contributed by atoms with Gasteiger partial charge in [0.15, 0.2) is 0 Å². The first-order chi connectivity index (χ1) is 10.2. The Hall–Kier alpha value is -1.54. The Bertz CT molecular complexity index is 616. The Morgan fingerprint density at radius 1 is 1.14 bits per heavy atom. The summed E-state index contributed by atoms with van der Waals surface area (Å²) in [6, 6.07) is 12.5. The summed E-state index contributed by atoms with van der Waals surface area (Å²) in [6.45, 7) is 3.33. The smallest absolute Gasteiger partial charge is 0.128 e. The van der Waals surface area contributed by atoms with Gasteiger partial charge in [-0.15, -0.1) is 0 Å². The van der Waals surface area contributed by atoms with Crippen molar-refractivity contribution in [3.63, 3.8) is 0 Å². The molecule has 0 saturated heterocycles. The van der Waals surface area contributed by atoms with Crippen LogP contribution in [-0.4, -0.2) is 23.6 Å². The summed E-state index contributed by atoms with van der Waals surface area (Å²) in [5.74, 6) is 1.28. The van der Waals surface area contributed by atoms with Crippen LogP contribution in [0.4, 0.5) is 0 Å². The lowest BCUT2D eigenvalue weighted by Crippen LogP contribution is -2.27. The predicted molar refractivity (Wildman–Crippen MR) is 88.6 cm³/mol. The van der Waals surface area contributed by atoms with Crippen LogP contribution in [0.15, 0.2) is 36.4 Å². The van der Waals surface area contributed by atoms with E-state index in [0.717, 1.165) is 28.8 Å². The molecule has 0 heterocycles. The van der Waals surface area contributed by atoms with Crippen LogP contribution in [0.5, 0.6) is 5.75 Å². The zero-order valence-electron chi connectivity index (χ0n) is 13.0. The molecule has 112 valence electrons. The van der Waals surface area contributed by atoms with Crippen molar-refractivity contribution in [2.75, 3.05) is 13.6 Å². The van der Waals surface area contributed by atoms with Gasteiger partial charge in [0.05, 0.1) is 0 Å². The Balaban J connectivity index is 1.83. The minimum Gasteiger partial charge on any atom is -0.507 e. The molecule has 1 saturated carbocycles. The minimum atomic E-state index is 0.246. The van der Waals surface area contributed by atoms with Gasteiger partial charge in [-0.25, -0.2) is 0 Å². The fourth-order valence-corrected chi connectivity index (χ4v) is 3.60. The van der Waals surface area contributed by atoms with E-state index in [1.54, 1.807) is 0 Å². The lowest BCUT2D eigenvalue weighted by molar-refractivity contribution is 0.218. The number of benzene rings is 2. The van der Waals surface area contributed by atoms with E-state index in [1.165, 1.54) is 25.7 Å². The molecule has 2 aromatic carbocycles. The van der Waals surface area contributed by atoms with E-state index in [1.807, 2.05) is 24.3 Å². The molecular formula is C19H25NO. The number of phenols is 1. The highest BCUT2D eigenvalue weighted by Crippen LogP contribution is 2.35. The van der Waals surface area contributed by atoms with E-state index in [4.69, 9.17) is 0 Å². The number of hydrogen-bond acceptors (Lipinski definition) is 2. The van der Waals surface area contributed by atoms with Crippen molar-refractivity contribution in [3.8, 4) is 5.75 Å². The summed E-state index contributed by atoms with van der Waals surface area (Å²) in [5, 5.41) is 12.7. The lowest BCUT2D eigenvalue weighted by atomic mass is 9.99. The van der Waals surface area contributed by atoms with Gasteiger partial charge in [0.2, 0.25) is 0 Å². The minimum absolute atomic E-state index is 0.246. The predicted octanol–water partition coefficient (Wildman–Crippen LogP) is 4.73. The molecule has 0 bridgehead atoms. The van der Waals surface area contributed by atoms with Crippen LogP contribution in [0, 0.1) is 5.92 Å². The van der Waals surface area contributed by atoms with Crippen LogP contribution >= 0.6 is 0 Å². The van der Waals surface area contributed by atoms with Crippen molar-refractivity contribution in [3.05, 3.63) is 42.0 Å². The number of aromatic hydroxyl groups is 1. The molecule has 0 aromatic heterocycles. The quantitative estimate of drug-likeness (QED) is 0.877. The van der Waals surface area contributed by atoms with E-state index >= 15 is 0 Å². The molecule has 2 heteroatoms. The number of fused-ring (bicyclic) bond motifs is 1. The molecule has 0 spiro atoms. The van der Waals surface area contributed by atoms with Gasteiger partial charge in [0.1, 0.15) is 5.75 Å². The van der Waals surface area contributed by atoms with Crippen molar-refractivity contribution in [2.24, 2.45) is 5.92 Å². The standard InChI is InChI=1S/C19H25NO/c1-14(20(2)13-15-7-3-4-8-15)17-12-11-16-9-5-6-10-18(16)19(17)21/h5-6,9-12,14-15,21H,3-4,7-8,13H2,1-2H3. The first kappa shape index (κ1) is 14.4. The van der Waals surface area contributed by atoms with E-state index in [2.05, 4.69) is 31.0 Å². The van der Waals surface area contributed by atoms with Crippen LogP contribution in [0.3, 0.4) is 0 Å². The van der Waals surface area contributed by atoms with Gasteiger partial charge in [-0.05, 0) is 38.1 Å². The second kappa shape index (κ2) is 6.07. The average Bonchev–Trinajstić information content (AvgIpc) is 3.00. The summed E-state index contributed by atoms with van der Waals surface area (Å²) in [5.41, 5.74) is 1.04. The Labute approximate surface area is 127 Å². The van der Waals surface area contributed by atoms with E-state index in [-0.39, 0.29) is 6.04 Å². The first-order valence-corrected chi connectivity index (χ1v) is 8.07. The number of hydrogen-bond donors (Lipinski definition) is 1. The van der Waals surface area contributed by atoms with Crippen LogP contribution in [0.1, 0.15) is 44.2 Å². The molecule has 1 atom stereocenters. The molecule has 1 unspecified atom stereocenters. The second-order valence-electron chi connectivity index (χ2n) is 6.49. The fourth-order valence-electron chi connectivity index (χ4n) is 3.60. The Morgan fingerprint density at radius 3 is 2.62 bits per heavy atom. The maximum Gasteiger partial charge on any atom is 0.128 e. The molecule has 1 N–H and O–H groups in total. The SMILES string of the molecule is CC(c1ccc2ccccc2c1O)N(C)CC1CCCC1. The van der Waals surface area contributed by atoms with Crippen LogP contribution in [-0.2, 0) is 0 Å². The Kier molecular flexibility index (Phi) is 4.16. The van der Waals surface area contributed by atoms with Gasteiger partial charge in [-0.2, -0.15) is 0 Å². The number of nitrogens with zero attached hydrogens (tertiary/aromatic N) is 1. The molecule has 2 aromatic rings. The summed E-state index contributed by atoms with van der Waals surface area (Å²) in [7, 11) is 2.18. The average molecular weight is 283 g/mol. The Morgan fingerprint density at radius 2 is 1.86 bits per heavy atom. The van der Waals surface area contributed by atoms with E-state index < -0.39 is 0 Å². The number of rotatable bonds is 4. The molecule has 1 aliphatic carbocycles. The molecule has 1 fully saturated rings. The molecule has 0 aliphatic heterocycles. The second-order valence-corrected chi connectivity index (χ2v) is 6.49. The summed E-state index contributed by atoms with van der Waals surface area (Å²) >= 11 is 0. The topological polar surface area (TPSA) is 23.5 Å². The normalized spacial score (nSPS) is 17.7. The third kappa shape index (κ3) is 2.91. The van der Waals surface area contributed by atoms with Gasteiger partial charge in [0, 0.05) is 23.5 Å². The van der Waals surface area contributed by atoms with Crippen molar-refractivity contribution in [2.45, 2.75) is 38.6 Å². The van der Waals surface area contributed by atoms with Crippen LogP contribution in [0.2, 0.25) is 0 Å². The maximum atomic E-state index is 10.6. The fraction of sp³-hybridized carbons (Fsp3) is 0.474. The zero-order chi connectivity index (χ0) is 14.8. The van der Waals surface area contributed by atoms with Crippen molar-refractivity contribution < 1.29 is 5.11 Å². The first-order valence-electron chi connectivity index (χ1n) is 8.07. The molecule has 21 heavy (non-hydrogen) atoms. The lowest BCUT2D eigenvalue weighted by Gasteiger charge is -2.28. The van der Waals surface area contributed by atoms with Gasteiger partial charge < -0.3 is 5.11 Å². The van der Waals surface area contributed by atoms with Gasteiger partial charge in [-0.3, -0.25) is 4.90 Å². The molecule has 2 nitrogen and oxygen atoms in total. The molecular weight excluding hydrogens is 258 g/mol. The maximum absolute atomic E-state index is 10.6. The van der Waals surface area contributed by atoms with Crippen molar-refractivity contribution >= 4 is 10.8 Å². The van der Waals surface area contributed by atoms with Crippen LogP contribution in [0.25, 0.3) is 10.8 Å². The molecule has 0 radical (unpaired) electrons. The highest BCUT2D eigenvalue weighted by Gasteiger charge is 2.22. The van der Waals surface area contributed by atoms with Gasteiger partial charge >= 0.3 is 0 Å². The van der Waals surface area contributed by atoms with E-state index in [0.29, 0.717) is 5.75 Å². The summed E-state index contributed by atoms with van der Waals surface area (Å²) in [4.78, 5) is 2.39. The zero-order valence-corrected chi connectivity index (χ0v) is 13.0. The van der Waals surface area contributed by atoms with Gasteiger partial charge in [0.25, 0.3) is 0 Å². The third-order valence-corrected chi connectivity index (χ3v) is 5.06.